The van der Waals surface area contributed by atoms with Gasteiger partial charge >= 0.3 is 0 Å². The van der Waals surface area contributed by atoms with Gasteiger partial charge in [0.05, 0.1) is 6.10 Å². The summed E-state index contributed by atoms with van der Waals surface area (Å²) in [5, 5.41) is 23.5. The number of phenolic OH excluding ortho intramolecular Hbond substituents is 1. The summed E-state index contributed by atoms with van der Waals surface area (Å²) in [6, 6.07) is 13.6. The first-order valence-electron chi connectivity index (χ1n) is 9.63. The van der Waals surface area contributed by atoms with E-state index in [0.717, 1.165) is 19.4 Å². The third-order valence-corrected chi connectivity index (χ3v) is 5.89. The molecule has 0 bridgehead atoms. The minimum Gasteiger partial charge on any atom is -0.612 e. The molecule has 3 unspecified atom stereocenters. The van der Waals surface area contributed by atoms with Gasteiger partial charge in [-0.05, 0) is 61.6 Å². The number of phenols is 1. The van der Waals surface area contributed by atoms with Crippen molar-refractivity contribution in [2.24, 2.45) is 0 Å². The molecule has 0 fully saturated rings. The Hall–Kier alpha value is -1.73. The minimum absolute atomic E-state index is 0.00388. The van der Waals surface area contributed by atoms with Crippen molar-refractivity contribution in [2.75, 3.05) is 31.3 Å². The molecule has 0 amide bonds. The molecule has 0 saturated carbocycles. The molecule has 28 heavy (non-hydrogen) atoms. The first-order valence-corrected chi connectivity index (χ1v) is 11.2. The first-order chi connectivity index (χ1) is 13.3. The number of aliphatic hydroxyl groups excluding tert-OH is 1. The van der Waals surface area contributed by atoms with Crippen LogP contribution in [0.3, 0.4) is 0 Å². The summed E-state index contributed by atoms with van der Waals surface area (Å²) < 4.78 is 11.6. The van der Waals surface area contributed by atoms with Crippen LogP contribution in [-0.2, 0) is 11.2 Å². The lowest BCUT2D eigenvalue weighted by molar-refractivity contribution is 0.169. The number of benzene rings is 2. The maximum Gasteiger partial charge on any atom is 0.194 e. The van der Waals surface area contributed by atoms with Crippen molar-refractivity contribution < 1.29 is 14.8 Å². The molecule has 3 atom stereocenters. The number of hydrogen-bond donors (Lipinski definition) is 3. The Kier molecular flexibility index (Phi) is 8.63. The normalized spacial score (nSPS) is 14.5. The molecule has 0 spiro atoms. The van der Waals surface area contributed by atoms with Crippen molar-refractivity contribution in [2.45, 2.75) is 43.7 Å². The highest BCUT2D eigenvalue weighted by Crippen LogP contribution is 2.26. The second-order valence-corrected chi connectivity index (χ2v) is 8.75. The quantitative estimate of drug-likeness (QED) is 0.529. The molecule has 0 aliphatic rings. The van der Waals surface area contributed by atoms with Crippen LogP contribution in [0.2, 0.25) is 0 Å². The summed E-state index contributed by atoms with van der Waals surface area (Å²) in [6.07, 6.45) is 2.86. The lowest BCUT2D eigenvalue weighted by Gasteiger charge is -2.22. The molecule has 0 aromatic heterocycles. The van der Waals surface area contributed by atoms with Crippen LogP contribution in [0.25, 0.3) is 0 Å². The van der Waals surface area contributed by atoms with Crippen LogP contribution in [0.5, 0.6) is 5.75 Å². The second-order valence-electron chi connectivity index (χ2n) is 7.41. The maximum absolute atomic E-state index is 11.6. The molecule has 0 aliphatic heterocycles. The van der Waals surface area contributed by atoms with E-state index in [1.807, 2.05) is 0 Å². The number of aliphatic hydroxyl groups is 1. The largest absolute Gasteiger partial charge is 0.612 e. The van der Waals surface area contributed by atoms with Gasteiger partial charge in [-0.25, -0.2) is 0 Å². The zero-order chi connectivity index (χ0) is 20.7. The van der Waals surface area contributed by atoms with Gasteiger partial charge < -0.3 is 25.0 Å². The summed E-state index contributed by atoms with van der Waals surface area (Å²) in [6.45, 7) is 5.59. The molecule has 3 N–H and O–H groups in total. The topological polar surface area (TPSA) is 78.8 Å². The van der Waals surface area contributed by atoms with E-state index in [-0.39, 0.29) is 11.8 Å². The highest BCUT2D eigenvalue weighted by Gasteiger charge is 2.16. The van der Waals surface area contributed by atoms with E-state index in [2.05, 4.69) is 55.4 Å². The Morgan fingerprint density at radius 1 is 1.18 bits per heavy atom. The fourth-order valence-corrected chi connectivity index (χ4v) is 3.73. The van der Waals surface area contributed by atoms with Crippen LogP contribution < -0.4 is 10.2 Å². The molecular formula is C22H32N2O3S. The van der Waals surface area contributed by atoms with E-state index in [4.69, 9.17) is 0 Å². The van der Waals surface area contributed by atoms with Gasteiger partial charge in [0.1, 0.15) is 6.26 Å². The van der Waals surface area contributed by atoms with Crippen LogP contribution in [0.15, 0.2) is 47.4 Å². The SMILES string of the molecule is Cc1ccc(N(C)CCCC(C)NCC(O)c2ccc(O)c([S+](C)[O-])c2)cc1. The fourth-order valence-electron chi connectivity index (χ4n) is 3.06. The molecule has 0 saturated heterocycles. The Bertz CT molecular complexity index is 737. The van der Waals surface area contributed by atoms with Crippen molar-refractivity contribution in [3.8, 4) is 5.75 Å². The highest BCUT2D eigenvalue weighted by atomic mass is 32.2. The van der Waals surface area contributed by atoms with Crippen LogP contribution >= 0.6 is 0 Å². The van der Waals surface area contributed by atoms with Crippen molar-refractivity contribution in [3.63, 3.8) is 0 Å². The lowest BCUT2D eigenvalue weighted by atomic mass is 10.1. The van der Waals surface area contributed by atoms with Crippen molar-refractivity contribution >= 4 is 16.9 Å². The predicted octanol–water partition coefficient (Wildman–Crippen LogP) is 3.37. The molecule has 2 aromatic carbocycles. The summed E-state index contributed by atoms with van der Waals surface area (Å²) in [5.41, 5.74) is 3.14. The first kappa shape index (κ1) is 22.6. The van der Waals surface area contributed by atoms with E-state index in [1.165, 1.54) is 23.6 Å². The zero-order valence-corrected chi connectivity index (χ0v) is 18.0. The Morgan fingerprint density at radius 3 is 2.50 bits per heavy atom. The third-order valence-electron chi connectivity index (χ3n) is 4.94. The van der Waals surface area contributed by atoms with Gasteiger partial charge in [-0.1, -0.05) is 23.8 Å². The molecule has 2 aromatic rings. The standard InChI is InChI=1S/C22H32N2O3S/c1-16-7-10-19(11-8-16)24(3)13-5-6-17(2)23-15-21(26)18-9-12-20(25)22(14-18)28(4)27/h7-12,14,17,21,23,25-26H,5-6,13,15H2,1-4H3. The molecule has 0 heterocycles. The van der Waals surface area contributed by atoms with Crippen LogP contribution in [0.4, 0.5) is 5.69 Å². The number of aryl methyl sites for hydroxylation is 1. The molecular weight excluding hydrogens is 372 g/mol. The number of rotatable bonds is 10. The van der Waals surface area contributed by atoms with E-state index in [9.17, 15) is 14.8 Å². The summed E-state index contributed by atoms with van der Waals surface area (Å²) in [5.74, 6) is -0.00388. The predicted molar refractivity (Wildman–Crippen MR) is 117 cm³/mol. The van der Waals surface area contributed by atoms with Gasteiger partial charge in [0.15, 0.2) is 10.6 Å². The molecule has 0 aliphatic carbocycles. The zero-order valence-electron chi connectivity index (χ0n) is 17.2. The van der Waals surface area contributed by atoms with Crippen LogP contribution in [-0.4, -0.2) is 47.2 Å². The number of nitrogens with zero attached hydrogens (tertiary/aromatic N) is 1. The van der Waals surface area contributed by atoms with Gasteiger partial charge in [0.25, 0.3) is 0 Å². The van der Waals surface area contributed by atoms with Gasteiger partial charge in [0.2, 0.25) is 0 Å². The molecule has 2 rings (SSSR count). The monoisotopic (exact) mass is 404 g/mol. The number of hydrogen-bond acceptors (Lipinski definition) is 5. The van der Waals surface area contributed by atoms with E-state index < -0.39 is 17.3 Å². The number of aromatic hydroxyl groups is 1. The summed E-state index contributed by atoms with van der Waals surface area (Å²) in [4.78, 5) is 2.60. The van der Waals surface area contributed by atoms with E-state index in [1.54, 1.807) is 12.1 Å². The summed E-state index contributed by atoms with van der Waals surface area (Å²) >= 11 is -1.29. The minimum atomic E-state index is -1.29. The maximum atomic E-state index is 11.6. The smallest absolute Gasteiger partial charge is 0.194 e. The lowest BCUT2D eigenvalue weighted by Crippen LogP contribution is -2.31. The van der Waals surface area contributed by atoms with E-state index in [0.29, 0.717) is 17.0 Å². The number of nitrogens with one attached hydrogen (secondary N) is 1. The molecule has 6 heteroatoms. The third kappa shape index (κ3) is 6.71. The van der Waals surface area contributed by atoms with Gasteiger partial charge in [-0.2, -0.15) is 0 Å². The van der Waals surface area contributed by atoms with Crippen LogP contribution in [0, 0.1) is 6.92 Å². The van der Waals surface area contributed by atoms with Gasteiger partial charge in [-0.3, -0.25) is 0 Å². The molecule has 0 radical (unpaired) electrons. The average Bonchev–Trinajstić information content (AvgIpc) is 2.66. The van der Waals surface area contributed by atoms with Crippen LogP contribution in [0.1, 0.15) is 37.0 Å². The Morgan fingerprint density at radius 2 is 1.86 bits per heavy atom. The van der Waals surface area contributed by atoms with Crippen molar-refractivity contribution in [3.05, 3.63) is 53.6 Å². The average molecular weight is 405 g/mol. The Balaban J connectivity index is 1.75. The highest BCUT2D eigenvalue weighted by molar-refractivity contribution is 7.90. The molecule has 154 valence electrons. The van der Waals surface area contributed by atoms with Crippen molar-refractivity contribution in [1.82, 2.24) is 5.32 Å². The molecule has 5 nitrogen and oxygen atoms in total. The fraction of sp³-hybridized carbons (Fsp3) is 0.455. The van der Waals surface area contributed by atoms with Crippen molar-refractivity contribution in [1.29, 1.82) is 0 Å². The van der Waals surface area contributed by atoms with Gasteiger partial charge in [0, 0.05) is 37.9 Å². The Labute approximate surface area is 171 Å². The van der Waals surface area contributed by atoms with E-state index >= 15 is 0 Å². The number of anilines is 1. The summed E-state index contributed by atoms with van der Waals surface area (Å²) in [7, 11) is 2.10. The second kappa shape index (κ2) is 10.7. The van der Waals surface area contributed by atoms with Gasteiger partial charge in [-0.15, -0.1) is 0 Å².